The first-order valence-corrected chi connectivity index (χ1v) is 5.11. The molecule has 0 radical (unpaired) electrons. The lowest BCUT2D eigenvalue weighted by molar-refractivity contribution is -0.121. The number of nitrogens with two attached hydrogens (primary N) is 1. The summed E-state index contributed by atoms with van der Waals surface area (Å²) in [4.78, 5) is 22.7. The Morgan fingerprint density at radius 1 is 1.53 bits per heavy atom. The number of hydrogen-bond acceptors (Lipinski definition) is 4. The molecule has 0 bridgehead atoms. The Kier molecular flexibility index (Phi) is 2.72. The van der Waals surface area contributed by atoms with E-state index in [1.54, 1.807) is 25.2 Å². The molecule has 0 aliphatic heterocycles. The molecule has 1 unspecified atom stereocenters. The van der Waals surface area contributed by atoms with Crippen molar-refractivity contribution in [3.63, 3.8) is 0 Å². The van der Waals surface area contributed by atoms with E-state index in [4.69, 9.17) is 10.2 Å². The van der Waals surface area contributed by atoms with Crippen LogP contribution < -0.4 is 16.8 Å². The van der Waals surface area contributed by atoms with Gasteiger partial charge in [-0.05, 0) is 17.7 Å². The maximum atomic E-state index is 11.4. The highest BCUT2D eigenvalue weighted by atomic mass is 16.4. The normalized spacial score (nSPS) is 12.6. The molecule has 1 aromatic carbocycles. The number of likely N-dealkylation sites (N-methyl/N-ethyl adjacent to an activating group) is 1. The molecule has 0 saturated carbocycles. The summed E-state index contributed by atoms with van der Waals surface area (Å²) in [7, 11) is 3.13. The van der Waals surface area contributed by atoms with E-state index >= 15 is 0 Å². The molecule has 2 aromatic rings. The van der Waals surface area contributed by atoms with Gasteiger partial charge >= 0.3 is 5.76 Å². The summed E-state index contributed by atoms with van der Waals surface area (Å²) in [5, 5.41) is 2.47. The molecule has 0 saturated heterocycles. The zero-order chi connectivity index (χ0) is 12.6. The number of aryl methyl sites for hydroxylation is 1. The van der Waals surface area contributed by atoms with Gasteiger partial charge in [-0.15, -0.1) is 0 Å². The van der Waals surface area contributed by atoms with Crippen LogP contribution in [0.25, 0.3) is 11.1 Å². The van der Waals surface area contributed by atoms with Crippen molar-refractivity contribution in [1.82, 2.24) is 9.88 Å². The van der Waals surface area contributed by atoms with Crippen LogP contribution in [0.2, 0.25) is 0 Å². The SMILES string of the molecule is CNC(=O)C(N)c1ccc2c(c1)oc(=O)n2C. The van der Waals surface area contributed by atoms with Crippen molar-refractivity contribution < 1.29 is 9.21 Å². The van der Waals surface area contributed by atoms with Crippen molar-refractivity contribution in [2.24, 2.45) is 12.8 Å². The number of hydrogen-bond donors (Lipinski definition) is 2. The number of nitrogens with zero attached hydrogens (tertiary/aromatic N) is 1. The second kappa shape index (κ2) is 4.06. The van der Waals surface area contributed by atoms with E-state index in [2.05, 4.69) is 5.32 Å². The molecule has 0 fully saturated rings. The Balaban J connectivity index is 2.52. The van der Waals surface area contributed by atoms with Gasteiger partial charge in [-0.3, -0.25) is 9.36 Å². The summed E-state index contributed by atoms with van der Waals surface area (Å²) in [5.74, 6) is -0.728. The number of benzene rings is 1. The fourth-order valence-corrected chi connectivity index (χ4v) is 1.65. The van der Waals surface area contributed by atoms with Crippen molar-refractivity contribution >= 4 is 17.0 Å². The molecule has 0 aliphatic rings. The average Bonchev–Trinajstić information content (AvgIpc) is 2.62. The Bertz CT molecular complexity index is 626. The highest BCUT2D eigenvalue weighted by Gasteiger charge is 2.16. The third-order valence-corrected chi connectivity index (χ3v) is 2.70. The van der Waals surface area contributed by atoms with Crippen molar-refractivity contribution in [3.8, 4) is 0 Å². The fraction of sp³-hybridized carbons (Fsp3) is 0.273. The zero-order valence-corrected chi connectivity index (χ0v) is 9.56. The summed E-state index contributed by atoms with van der Waals surface area (Å²) in [6.45, 7) is 0. The van der Waals surface area contributed by atoms with Crippen molar-refractivity contribution in [2.45, 2.75) is 6.04 Å². The van der Waals surface area contributed by atoms with Crippen LogP contribution in [0.4, 0.5) is 0 Å². The summed E-state index contributed by atoms with van der Waals surface area (Å²) < 4.78 is 6.42. The van der Waals surface area contributed by atoms with Gasteiger partial charge in [0.25, 0.3) is 0 Å². The van der Waals surface area contributed by atoms with Gasteiger partial charge in [-0.25, -0.2) is 4.79 Å². The van der Waals surface area contributed by atoms with Crippen molar-refractivity contribution in [2.75, 3.05) is 7.05 Å². The molecular formula is C11H13N3O3. The van der Waals surface area contributed by atoms with E-state index in [0.717, 1.165) is 0 Å². The second-order valence-electron chi connectivity index (χ2n) is 3.75. The van der Waals surface area contributed by atoms with Crippen LogP contribution >= 0.6 is 0 Å². The highest BCUT2D eigenvalue weighted by Crippen LogP contribution is 2.18. The quantitative estimate of drug-likeness (QED) is 0.759. The van der Waals surface area contributed by atoms with E-state index in [-0.39, 0.29) is 5.91 Å². The summed E-state index contributed by atoms with van der Waals surface area (Å²) in [5.41, 5.74) is 7.44. The Morgan fingerprint density at radius 2 is 2.24 bits per heavy atom. The van der Waals surface area contributed by atoms with E-state index in [1.807, 2.05) is 0 Å². The summed E-state index contributed by atoms with van der Waals surface area (Å²) in [6, 6.07) is 4.25. The van der Waals surface area contributed by atoms with E-state index < -0.39 is 11.8 Å². The number of oxazole rings is 1. The molecule has 1 amide bonds. The molecule has 90 valence electrons. The summed E-state index contributed by atoms with van der Waals surface area (Å²) in [6.07, 6.45) is 0. The minimum Gasteiger partial charge on any atom is -0.408 e. The predicted molar refractivity (Wildman–Crippen MR) is 62.5 cm³/mol. The molecule has 0 spiro atoms. The van der Waals surface area contributed by atoms with Crippen LogP contribution in [0.1, 0.15) is 11.6 Å². The number of carbonyl (C=O) groups excluding carboxylic acids is 1. The third-order valence-electron chi connectivity index (χ3n) is 2.70. The van der Waals surface area contributed by atoms with Gasteiger partial charge in [0, 0.05) is 14.1 Å². The van der Waals surface area contributed by atoms with Gasteiger partial charge < -0.3 is 15.5 Å². The van der Waals surface area contributed by atoms with E-state index in [9.17, 15) is 9.59 Å². The molecule has 0 aliphatic carbocycles. The molecular weight excluding hydrogens is 222 g/mol. The number of fused-ring (bicyclic) bond motifs is 1. The second-order valence-corrected chi connectivity index (χ2v) is 3.75. The van der Waals surface area contributed by atoms with Crippen LogP contribution in [0, 0.1) is 0 Å². The Hall–Kier alpha value is -2.08. The molecule has 6 heteroatoms. The Morgan fingerprint density at radius 3 is 2.88 bits per heavy atom. The maximum absolute atomic E-state index is 11.4. The zero-order valence-electron chi connectivity index (χ0n) is 9.56. The van der Waals surface area contributed by atoms with Crippen LogP contribution in [0.15, 0.2) is 27.4 Å². The standard InChI is InChI=1S/C11H13N3O3/c1-13-10(15)9(12)6-3-4-7-8(5-6)17-11(16)14(7)2/h3-5,9H,12H2,1-2H3,(H,13,15). The smallest absolute Gasteiger partial charge is 0.408 e. The summed E-state index contributed by atoms with van der Waals surface area (Å²) >= 11 is 0. The number of amides is 1. The third kappa shape index (κ3) is 1.83. The first-order chi connectivity index (χ1) is 8.04. The lowest BCUT2D eigenvalue weighted by Gasteiger charge is -2.09. The van der Waals surface area contributed by atoms with Crippen LogP contribution in [0.3, 0.4) is 0 Å². The van der Waals surface area contributed by atoms with Gasteiger partial charge in [0.15, 0.2) is 5.58 Å². The lowest BCUT2D eigenvalue weighted by Crippen LogP contribution is -2.31. The first-order valence-electron chi connectivity index (χ1n) is 5.11. The monoisotopic (exact) mass is 235 g/mol. The maximum Gasteiger partial charge on any atom is 0.419 e. The fourth-order valence-electron chi connectivity index (χ4n) is 1.65. The molecule has 1 heterocycles. The van der Waals surface area contributed by atoms with Gasteiger partial charge in [0.1, 0.15) is 6.04 Å². The Labute approximate surface area is 97.0 Å². The van der Waals surface area contributed by atoms with Gasteiger partial charge in [-0.2, -0.15) is 0 Å². The predicted octanol–water partition coefficient (Wildman–Crippen LogP) is -0.123. The molecule has 1 atom stereocenters. The minimum absolute atomic E-state index is 0.289. The van der Waals surface area contributed by atoms with Gasteiger partial charge in [-0.1, -0.05) is 6.07 Å². The minimum atomic E-state index is -0.769. The van der Waals surface area contributed by atoms with E-state index in [0.29, 0.717) is 16.7 Å². The van der Waals surface area contributed by atoms with Crippen molar-refractivity contribution in [1.29, 1.82) is 0 Å². The number of aromatic nitrogens is 1. The molecule has 1 aromatic heterocycles. The van der Waals surface area contributed by atoms with E-state index in [1.165, 1.54) is 11.6 Å². The topological polar surface area (TPSA) is 90.3 Å². The van der Waals surface area contributed by atoms with Crippen LogP contribution in [-0.4, -0.2) is 17.5 Å². The number of carbonyl (C=O) groups is 1. The number of nitrogens with one attached hydrogen (secondary N) is 1. The average molecular weight is 235 g/mol. The first kappa shape index (κ1) is 11.4. The highest BCUT2D eigenvalue weighted by molar-refractivity contribution is 5.84. The van der Waals surface area contributed by atoms with Crippen molar-refractivity contribution in [3.05, 3.63) is 34.3 Å². The number of rotatable bonds is 2. The van der Waals surface area contributed by atoms with Crippen LogP contribution in [0.5, 0.6) is 0 Å². The molecule has 17 heavy (non-hydrogen) atoms. The molecule has 6 nitrogen and oxygen atoms in total. The lowest BCUT2D eigenvalue weighted by atomic mass is 10.1. The van der Waals surface area contributed by atoms with Gasteiger partial charge in [0.05, 0.1) is 5.52 Å². The molecule has 3 N–H and O–H groups in total. The van der Waals surface area contributed by atoms with Crippen LogP contribution in [-0.2, 0) is 11.8 Å². The largest absolute Gasteiger partial charge is 0.419 e. The van der Waals surface area contributed by atoms with Gasteiger partial charge in [0.2, 0.25) is 5.91 Å². The molecule has 2 rings (SSSR count).